The van der Waals surface area contributed by atoms with Gasteiger partial charge in [0.25, 0.3) is 0 Å². The first-order chi connectivity index (χ1) is 11.1. The molecule has 0 amide bonds. The van der Waals surface area contributed by atoms with Gasteiger partial charge in [-0.1, -0.05) is 36.0 Å². The molecule has 0 radical (unpaired) electrons. The summed E-state index contributed by atoms with van der Waals surface area (Å²) in [6.07, 6.45) is 2.39. The first kappa shape index (κ1) is 16.8. The molecule has 124 valence electrons. The second-order valence-electron chi connectivity index (χ2n) is 5.25. The number of hydrogen-bond acceptors (Lipinski definition) is 5. The van der Waals surface area contributed by atoms with Crippen molar-refractivity contribution in [3.8, 4) is 11.3 Å². The van der Waals surface area contributed by atoms with Crippen molar-refractivity contribution in [3.63, 3.8) is 0 Å². The first-order valence-corrected chi connectivity index (χ1v) is 10.5. The molecule has 0 spiro atoms. The third kappa shape index (κ3) is 3.89. The van der Waals surface area contributed by atoms with Gasteiger partial charge in [0.1, 0.15) is 0 Å². The Kier molecular flexibility index (Phi) is 5.27. The van der Waals surface area contributed by atoms with E-state index in [1.807, 2.05) is 38.1 Å². The topological polar surface area (TPSA) is 53.4 Å². The number of aromatic nitrogens is 2. The Morgan fingerprint density at radius 1 is 1.22 bits per heavy atom. The molecule has 0 aliphatic carbocycles. The Labute approximate surface area is 140 Å². The highest BCUT2D eigenvalue weighted by molar-refractivity contribution is 7.99. The van der Waals surface area contributed by atoms with Gasteiger partial charge in [-0.3, -0.25) is 4.57 Å². The zero-order valence-corrected chi connectivity index (χ0v) is 15.1. The minimum Gasteiger partial charge on any atom is -0.325 e. The third-order valence-electron chi connectivity index (χ3n) is 3.58. The van der Waals surface area contributed by atoms with E-state index in [2.05, 4.69) is 15.7 Å². The van der Waals surface area contributed by atoms with Gasteiger partial charge in [-0.25, -0.2) is 4.98 Å². The third-order valence-corrected chi connectivity index (χ3v) is 6.61. The minimum absolute atomic E-state index is 0.296. The Morgan fingerprint density at radius 3 is 2.52 bits per heavy atom. The molecule has 0 saturated heterocycles. The van der Waals surface area contributed by atoms with Crippen LogP contribution in [0.2, 0.25) is 0 Å². The summed E-state index contributed by atoms with van der Waals surface area (Å²) in [6, 6.07) is 7.97. The molecule has 1 aliphatic rings. The number of benzene rings is 1. The summed E-state index contributed by atoms with van der Waals surface area (Å²) in [4.78, 5) is 4.65. The summed E-state index contributed by atoms with van der Waals surface area (Å²) in [5.74, 6) is 1.10. The van der Waals surface area contributed by atoms with E-state index in [9.17, 15) is 4.57 Å². The van der Waals surface area contributed by atoms with Crippen molar-refractivity contribution in [1.29, 1.82) is 0 Å². The van der Waals surface area contributed by atoms with Gasteiger partial charge in [0.05, 0.1) is 25.1 Å². The smallest absolute Gasteiger partial charge is 0.325 e. The number of thioether (sulfide) groups is 1. The molecule has 0 N–H and O–H groups in total. The molecular formula is C16H21N2O3PS. The van der Waals surface area contributed by atoms with Crippen LogP contribution in [-0.4, -0.2) is 28.5 Å². The lowest BCUT2D eigenvalue weighted by molar-refractivity contribution is 0.219. The van der Waals surface area contributed by atoms with Crippen LogP contribution in [-0.2, 0) is 26.3 Å². The summed E-state index contributed by atoms with van der Waals surface area (Å²) >= 11 is 1.79. The summed E-state index contributed by atoms with van der Waals surface area (Å²) in [7, 11) is -3.05. The predicted octanol–water partition coefficient (Wildman–Crippen LogP) is 4.42. The SMILES string of the molecule is CCOP(=O)(Cc1ccc(-c2cn3c(n2)SCC3)cc1)OCC. The summed E-state index contributed by atoms with van der Waals surface area (Å²) < 4.78 is 25.4. The largest absolute Gasteiger partial charge is 0.335 e. The van der Waals surface area contributed by atoms with Crippen molar-refractivity contribution in [2.24, 2.45) is 0 Å². The number of nitrogens with zero attached hydrogens (tertiary/aromatic N) is 2. The normalized spacial score (nSPS) is 14.2. The van der Waals surface area contributed by atoms with E-state index < -0.39 is 7.60 Å². The fourth-order valence-electron chi connectivity index (χ4n) is 2.58. The summed E-state index contributed by atoms with van der Waals surface area (Å²) in [6.45, 7) is 5.44. The van der Waals surface area contributed by atoms with Crippen LogP contribution in [0.3, 0.4) is 0 Å². The highest BCUT2D eigenvalue weighted by Crippen LogP contribution is 2.51. The first-order valence-electron chi connectivity index (χ1n) is 7.81. The minimum atomic E-state index is -3.05. The van der Waals surface area contributed by atoms with Crippen LogP contribution in [0.25, 0.3) is 11.3 Å². The van der Waals surface area contributed by atoms with Crippen LogP contribution in [0, 0.1) is 0 Å². The molecule has 1 aromatic carbocycles. The van der Waals surface area contributed by atoms with E-state index in [-0.39, 0.29) is 0 Å². The molecule has 3 rings (SSSR count). The van der Waals surface area contributed by atoms with Gasteiger partial charge in [-0.05, 0) is 19.4 Å². The quantitative estimate of drug-likeness (QED) is 0.690. The maximum absolute atomic E-state index is 12.6. The van der Waals surface area contributed by atoms with Crippen molar-refractivity contribution in [2.75, 3.05) is 19.0 Å². The number of fused-ring (bicyclic) bond motifs is 1. The maximum atomic E-state index is 12.6. The number of hydrogen-bond donors (Lipinski definition) is 0. The zero-order chi connectivity index (χ0) is 16.3. The molecule has 7 heteroatoms. The second kappa shape index (κ2) is 7.22. The van der Waals surface area contributed by atoms with E-state index in [1.165, 1.54) is 0 Å². The molecule has 2 heterocycles. The van der Waals surface area contributed by atoms with Crippen molar-refractivity contribution in [3.05, 3.63) is 36.0 Å². The second-order valence-corrected chi connectivity index (χ2v) is 8.37. The molecule has 0 atom stereocenters. The van der Waals surface area contributed by atoms with Gasteiger partial charge in [0.15, 0.2) is 5.16 Å². The average molecular weight is 352 g/mol. The monoisotopic (exact) mass is 352 g/mol. The van der Waals surface area contributed by atoms with Gasteiger partial charge in [-0.15, -0.1) is 0 Å². The predicted molar refractivity (Wildman–Crippen MR) is 92.9 cm³/mol. The Bertz CT molecular complexity index is 683. The van der Waals surface area contributed by atoms with E-state index in [4.69, 9.17) is 9.05 Å². The molecule has 2 aromatic rings. The summed E-state index contributed by atoms with van der Waals surface area (Å²) in [5.41, 5.74) is 3.00. The molecule has 23 heavy (non-hydrogen) atoms. The van der Waals surface area contributed by atoms with Crippen LogP contribution < -0.4 is 0 Å². The lowest BCUT2D eigenvalue weighted by Gasteiger charge is -2.17. The lowest BCUT2D eigenvalue weighted by Crippen LogP contribution is -1.99. The van der Waals surface area contributed by atoms with Gasteiger partial charge < -0.3 is 13.6 Å². The molecule has 0 saturated carbocycles. The van der Waals surface area contributed by atoms with Crippen LogP contribution in [0.4, 0.5) is 0 Å². The fourth-order valence-corrected chi connectivity index (χ4v) is 5.22. The lowest BCUT2D eigenvalue weighted by atomic mass is 10.1. The molecule has 1 aromatic heterocycles. The van der Waals surface area contributed by atoms with Crippen molar-refractivity contribution >= 4 is 19.4 Å². The Morgan fingerprint density at radius 2 is 1.91 bits per heavy atom. The Hall–Kier alpha value is -1.07. The zero-order valence-electron chi connectivity index (χ0n) is 13.4. The fraction of sp³-hybridized carbons (Fsp3) is 0.438. The van der Waals surface area contributed by atoms with E-state index in [0.717, 1.165) is 34.3 Å². The maximum Gasteiger partial charge on any atom is 0.335 e. The summed E-state index contributed by atoms with van der Waals surface area (Å²) in [5, 5.41) is 1.08. The van der Waals surface area contributed by atoms with Crippen LogP contribution in [0.5, 0.6) is 0 Å². The van der Waals surface area contributed by atoms with Crippen molar-refractivity contribution in [1.82, 2.24) is 9.55 Å². The molecule has 1 aliphatic heterocycles. The highest BCUT2D eigenvalue weighted by Gasteiger charge is 2.24. The van der Waals surface area contributed by atoms with Gasteiger partial charge >= 0.3 is 7.60 Å². The Balaban J connectivity index is 1.74. The molecule has 0 unspecified atom stereocenters. The average Bonchev–Trinajstić information content (AvgIpc) is 3.09. The van der Waals surface area contributed by atoms with Crippen molar-refractivity contribution < 1.29 is 13.6 Å². The van der Waals surface area contributed by atoms with Gasteiger partial charge in [-0.2, -0.15) is 0 Å². The highest BCUT2D eigenvalue weighted by atomic mass is 32.2. The molecule has 0 fully saturated rings. The molecule has 5 nitrogen and oxygen atoms in total. The van der Waals surface area contributed by atoms with Crippen molar-refractivity contribution in [2.45, 2.75) is 31.7 Å². The van der Waals surface area contributed by atoms with E-state index >= 15 is 0 Å². The molecule has 0 bridgehead atoms. The van der Waals surface area contributed by atoms with Crippen LogP contribution in [0.1, 0.15) is 19.4 Å². The number of imidazole rings is 1. The van der Waals surface area contributed by atoms with Crippen LogP contribution in [0.15, 0.2) is 35.6 Å². The van der Waals surface area contributed by atoms with Crippen LogP contribution >= 0.6 is 19.4 Å². The number of rotatable bonds is 7. The van der Waals surface area contributed by atoms with Gasteiger partial charge in [0, 0.05) is 24.1 Å². The van der Waals surface area contributed by atoms with Gasteiger partial charge in [0.2, 0.25) is 0 Å². The standard InChI is InChI=1S/C16H21N2O3PS/c1-3-20-22(19,21-4-2)12-13-5-7-14(8-6-13)15-11-18-9-10-23-16(18)17-15/h5-8,11H,3-4,9-10,12H2,1-2H3. The van der Waals surface area contributed by atoms with E-state index in [0.29, 0.717) is 19.4 Å². The van der Waals surface area contributed by atoms with E-state index in [1.54, 1.807) is 11.8 Å². The molecular weight excluding hydrogens is 331 g/mol. The number of aryl methyl sites for hydroxylation is 1.